The minimum atomic E-state index is -0.960. The third kappa shape index (κ3) is 4.15. The standard InChI is InChI=1S/C27H18N4O5S2/c1-15-10-11-20-19(12-15)23(32)21-22(17-8-5-9-18(13-17)31(34)35)30(25(33)24(21)36-20)26-28-29-27(38-26)37-14-16-6-3-2-4-7-16/h2-13,22H,14H2,1H3. The number of carbonyl (C=O) groups excluding carboxylic acids is 1. The number of hydrogen-bond donors (Lipinski definition) is 0. The quantitative estimate of drug-likeness (QED) is 0.113. The Morgan fingerprint density at radius 3 is 2.66 bits per heavy atom. The lowest BCUT2D eigenvalue weighted by Crippen LogP contribution is -2.29. The van der Waals surface area contributed by atoms with Gasteiger partial charge in [0.25, 0.3) is 11.6 Å². The van der Waals surface area contributed by atoms with Gasteiger partial charge in [-0.05, 0) is 30.2 Å². The molecule has 0 N–H and O–H groups in total. The van der Waals surface area contributed by atoms with E-state index >= 15 is 0 Å². The van der Waals surface area contributed by atoms with E-state index in [1.54, 1.807) is 24.3 Å². The van der Waals surface area contributed by atoms with Gasteiger partial charge in [0, 0.05) is 17.9 Å². The van der Waals surface area contributed by atoms with Gasteiger partial charge in [-0.25, -0.2) is 0 Å². The Hall–Kier alpha value is -4.35. The highest BCUT2D eigenvalue weighted by molar-refractivity contribution is 8.00. The van der Waals surface area contributed by atoms with Crippen LogP contribution in [-0.4, -0.2) is 21.0 Å². The number of rotatable bonds is 6. The number of aryl methyl sites for hydroxylation is 1. The number of anilines is 1. The second-order valence-corrected chi connectivity index (χ2v) is 10.9. The van der Waals surface area contributed by atoms with Crippen molar-refractivity contribution in [2.24, 2.45) is 0 Å². The van der Waals surface area contributed by atoms with E-state index in [0.29, 0.717) is 26.6 Å². The van der Waals surface area contributed by atoms with E-state index in [0.717, 1.165) is 11.1 Å². The third-order valence-corrected chi connectivity index (χ3v) is 8.36. The molecule has 3 heterocycles. The number of thioether (sulfide) groups is 1. The van der Waals surface area contributed by atoms with Crippen LogP contribution in [0.2, 0.25) is 0 Å². The Labute approximate surface area is 223 Å². The van der Waals surface area contributed by atoms with Crippen LogP contribution in [0.3, 0.4) is 0 Å². The summed E-state index contributed by atoms with van der Waals surface area (Å²) in [5, 5.41) is 20.7. The zero-order valence-electron chi connectivity index (χ0n) is 19.9. The third-order valence-electron chi connectivity index (χ3n) is 6.23. The molecular formula is C27H18N4O5S2. The molecule has 0 bridgehead atoms. The number of nitrogens with zero attached hydrogens (tertiary/aromatic N) is 4. The SMILES string of the molecule is Cc1ccc2oc3c(c(=O)c2c1)C(c1cccc([N+](=O)[O-])c1)N(c1nnc(SCc2ccccc2)s1)C3=O. The number of nitro groups is 1. The Morgan fingerprint density at radius 1 is 1.05 bits per heavy atom. The molecule has 0 aliphatic carbocycles. The summed E-state index contributed by atoms with van der Waals surface area (Å²) in [6.07, 6.45) is 0. The topological polar surface area (TPSA) is 119 Å². The Kier molecular flexibility index (Phi) is 6.01. The lowest BCUT2D eigenvalue weighted by atomic mass is 9.98. The van der Waals surface area contributed by atoms with E-state index < -0.39 is 16.9 Å². The number of benzene rings is 3. The zero-order valence-corrected chi connectivity index (χ0v) is 21.5. The van der Waals surface area contributed by atoms with Gasteiger partial charge in [-0.3, -0.25) is 24.6 Å². The molecule has 0 radical (unpaired) electrons. The first kappa shape index (κ1) is 24.0. The monoisotopic (exact) mass is 542 g/mol. The van der Waals surface area contributed by atoms with Crippen molar-refractivity contribution in [1.82, 2.24) is 10.2 Å². The molecule has 1 amide bonds. The highest BCUT2D eigenvalue weighted by atomic mass is 32.2. The molecule has 1 aliphatic heterocycles. The normalized spacial score (nSPS) is 14.7. The van der Waals surface area contributed by atoms with Gasteiger partial charge in [0.1, 0.15) is 5.58 Å². The molecule has 188 valence electrons. The van der Waals surface area contributed by atoms with Crippen molar-refractivity contribution in [2.45, 2.75) is 23.1 Å². The van der Waals surface area contributed by atoms with Gasteiger partial charge in [0.05, 0.1) is 21.9 Å². The van der Waals surface area contributed by atoms with Crippen LogP contribution in [0.5, 0.6) is 0 Å². The number of hydrogen-bond acceptors (Lipinski definition) is 9. The summed E-state index contributed by atoms with van der Waals surface area (Å²) in [5.41, 5.74) is 2.29. The molecule has 3 aromatic carbocycles. The Balaban J connectivity index is 1.47. The summed E-state index contributed by atoms with van der Waals surface area (Å²) in [6, 6.07) is 20.0. The molecule has 0 spiro atoms. The highest BCUT2D eigenvalue weighted by Gasteiger charge is 2.45. The van der Waals surface area contributed by atoms with Crippen molar-refractivity contribution >= 4 is 50.8 Å². The zero-order chi connectivity index (χ0) is 26.4. The van der Waals surface area contributed by atoms with Crippen molar-refractivity contribution in [3.8, 4) is 0 Å². The predicted molar refractivity (Wildman–Crippen MR) is 145 cm³/mol. The largest absolute Gasteiger partial charge is 0.450 e. The van der Waals surface area contributed by atoms with Crippen LogP contribution in [0.4, 0.5) is 10.8 Å². The average molecular weight is 543 g/mol. The number of nitro benzene ring substituents is 1. The summed E-state index contributed by atoms with van der Waals surface area (Å²) < 4.78 is 6.62. The van der Waals surface area contributed by atoms with Crippen LogP contribution >= 0.6 is 23.1 Å². The summed E-state index contributed by atoms with van der Waals surface area (Å²) in [4.78, 5) is 39.9. The number of aromatic nitrogens is 2. The summed E-state index contributed by atoms with van der Waals surface area (Å²) in [7, 11) is 0. The fourth-order valence-corrected chi connectivity index (χ4v) is 6.31. The minimum absolute atomic E-state index is 0.100. The van der Waals surface area contributed by atoms with Crippen LogP contribution < -0.4 is 10.3 Å². The number of fused-ring (bicyclic) bond motifs is 2. The van der Waals surface area contributed by atoms with Crippen molar-refractivity contribution in [1.29, 1.82) is 0 Å². The van der Waals surface area contributed by atoms with Crippen LogP contribution in [0.1, 0.15) is 38.9 Å². The molecule has 5 aromatic rings. The van der Waals surface area contributed by atoms with Gasteiger partial charge in [0.2, 0.25) is 10.9 Å². The minimum Gasteiger partial charge on any atom is -0.450 e. The second-order valence-electron chi connectivity index (χ2n) is 8.73. The smallest absolute Gasteiger partial charge is 0.297 e. The summed E-state index contributed by atoms with van der Waals surface area (Å²) in [6.45, 7) is 1.86. The second kappa shape index (κ2) is 9.51. The lowest BCUT2D eigenvalue weighted by Gasteiger charge is -2.21. The molecule has 38 heavy (non-hydrogen) atoms. The molecule has 11 heteroatoms. The van der Waals surface area contributed by atoms with Crippen LogP contribution in [0.15, 0.2) is 86.3 Å². The first-order valence-electron chi connectivity index (χ1n) is 11.6. The molecular weight excluding hydrogens is 524 g/mol. The van der Waals surface area contributed by atoms with Crippen molar-refractivity contribution in [3.05, 3.63) is 121 Å². The molecule has 6 rings (SSSR count). The number of carbonyl (C=O) groups is 1. The van der Waals surface area contributed by atoms with E-state index in [-0.39, 0.29) is 27.6 Å². The van der Waals surface area contributed by atoms with Gasteiger partial charge in [0.15, 0.2) is 9.77 Å². The van der Waals surface area contributed by atoms with E-state index in [1.807, 2.05) is 37.3 Å². The van der Waals surface area contributed by atoms with Gasteiger partial charge in [-0.2, -0.15) is 0 Å². The maximum absolute atomic E-state index is 13.8. The average Bonchev–Trinajstić information content (AvgIpc) is 3.51. The molecule has 0 fully saturated rings. The Bertz CT molecular complexity index is 1780. The van der Waals surface area contributed by atoms with Gasteiger partial charge in [-0.1, -0.05) is 77.2 Å². The first-order chi connectivity index (χ1) is 18.4. The van der Waals surface area contributed by atoms with E-state index in [9.17, 15) is 19.7 Å². The fraction of sp³-hybridized carbons (Fsp3) is 0.111. The lowest BCUT2D eigenvalue weighted by molar-refractivity contribution is -0.384. The van der Waals surface area contributed by atoms with Crippen molar-refractivity contribution in [2.75, 3.05) is 4.90 Å². The molecule has 1 atom stereocenters. The van der Waals surface area contributed by atoms with Crippen molar-refractivity contribution < 1.29 is 14.1 Å². The van der Waals surface area contributed by atoms with E-state index in [1.165, 1.54) is 46.2 Å². The molecule has 0 saturated carbocycles. The maximum Gasteiger partial charge on any atom is 0.297 e. The van der Waals surface area contributed by atoms with Crippen LogP contribution in [0.25, 0.3) is 11.0 Å². The molecule has 2 aromatic heterocycles. The van der Waals surface area contributed by atoms with Gasteiger partial charge < -0.3 is 4.42 Å². The van der Waals surface area contributed by atoms with E-state index in [2.05, 4.69) is 10.2 Å². The predicted octanol–water partition coefficient (Wildman–Crippen LogP) is 5.90. The van der Waals surface area contributed by atoms with Gasteiger partial charge in [-0.15, -0.1) is 10.2 Å². The highest BCUT2D eigenvalue weighted by Crippen LogP contribution is 2.43. The molecule has 1 aliphatic rings. The van der Waals surface area contributed by atoms with Crippen molar-refractivity contribution in [3.63, 3.8) is 0 Å². The molecule has 0 saturated heterocycles. The fourth-order valence-electron chi connectivity index (χ4n) is 4.49. The van der Waals surface area contributed by atoms with Crippen LogP contribution in [-0.2, 0) is 5.75 Å². The number of amides is 1. The van der Waals surface area contributed by atoms with E-state index in [4.69, 9.17) is 4.42 Å². The summed E-state index contributed by atoms with van der Waals surface area (Å²) >= 11 is 2.69. The maximum atomic E-state index is 13.8. The number of non-ortho nitro benzene ring substituents is 1. The first-order valence-corrected chi connectivity index (χ1v) is 13.4. The summed E-state index contributed by atoms with van der Waals surface area (Å²) in [5.74, 6) is 0.0197. The molecule has 9 nitrogen and oxygen atoms in total. The molecule has 1 unspecified atom stereocenters. The van der Waals surface area contributed by atoms with Gasteiger partial charge >= 0.3 is 0 Å². The Morgan fingerprint density at radius 2 is 1.87 bits per heavy atom. The van der Waals surface area contributed by atoms with Crippen LogP contribution in [0, 0.1) is 17.0 Å².